The van der Waals surface area contributed by atoms with E-state index in [1.54, 1.807) is 24.5 Å². The Morgan fingerprint density at radius 2 is 2.17 bits per heavy atom. The third-order valence-corrected chi connectivity index (χ3v) is 1.84. The van der Waals surface area contributed by atoms with Gasteiger partial charge in [0.25, 0.3) is 0 Å². The van der Waals surface area contributed by atoms with Crippen LogP contribution in [0.5, 0.6) is 0 Å². The van der Waals surface area contributed by atoms with Crippen molar-refractivity contribution in [3.05, 3.63) is 24.5 Å². The van der Waals surface area contributed by atoms with Gasteiger partial charge in [0.1, 0.15) is 0 Å². The van der Waals surface area contributed by atoms with Crippen LogP contribution in [0.15, 0.2) is 24.5 Å². The Kier molecular flexibility index (Phi) is 3.31. The van der Waals surface area contributed by atoms with Crippen LogP contribution in [0.4, 0.5) is 5.69 Å². The van der Waals surface area contributed by atoms with Crippen molar-refractivity contribution in [2.45, 2.75) is 0 Å². The van der Waals surface area contributed by atoms with Gasteiger partial charge in [-0.2, -0.15) is 0 Å². The van der Waals surface area contributed by atoms with Crippen LogP contribution in [0, 0.1) is 0 Å². The second kappa shape index (κ2) is 4.27. The lowest BCUT2D eigenvalue weighted by Gasteiger charge is -2.18. The third-order valence-electron chi connectivity index (χ3n) is 1.26. The molecule has 0 saturated carbocycles. The quantitative estimate of drug-likeness (QED) is 0.429. The van der Waals surface area contributed by atoms with Gasteiger partial charge in [-0.1, -0.05) is 12.2 Å². The fourth-order valence-electron chi connectivity index (χ4n) is 0.668. The molecule has 1 N–H and O–H groups in total. The highest BCUT2D eigenvalue weighted by Gasteiger charge is 1.97. The van der Waals surface area contributed by atoms with Crippen molar-refractivity contribution in [1.82, 2.24) is 9.99 Å². The molecule has 3 nitrogen and oxygen atoms in total. The predicted molar refractivity (Wildman–Crippen MR) is 57.2 cm³/mol. The Labute approximate surface area is 82.2 Å². The average Bonchev–Trinajstić information content (AvgIpc) is 2.06. The Morgan fingerprint density at radius 1 is 1.58 bits per heavy atom. The van der Waals surface area contributed by atoms with Crippen molar-refractivity contribution < 1.29 is 0 Å². The summed E-state index contributed by atoms with van der Waals surface area (Å²) in [7, 11) is 1.80. The molecule has 1 aromatic heterocycles. The molecule has 64 valence electrons. The summed E-state index contributed by atoms with van der Waals surface area (Å²) in [5.74, 6) is 0. The Balaban J connectivity index is 2.58. The minimum absolute atomic E-state index is 0.492. The second-order valence-corrected chi connectivity index (χ2v) is 3.30. The molecule has 1 aromatic rings. The number of hydrazine groups is 1. The van der Waals surface area contributed by atoms with E-state index in [0.29, 0.717) is 4.32 Å². The molecule has 0 atom stereocenters. The minimum Gasteiger partial charge on any atom is -0.297 e. The summed E-state index contributed by atoms with van der Waals surface area (Å²) in [5.41, 5.74) is 3.95. The van der Waals surface area contributed by atoms with E-state index in [1.807, 2.05) is 12.1 Å². The Morgan fingerprint density at radius 3 is 2.67 bits per heavy atom. The highest BCUT2D eigenvalue weighted by Crippen LogP contribution is 2.05. The first-order valence-corrected chi connectivity index (χ1v) is 4.19. The van der Waals surface area contributed by atoms with E-state index in [2.05, 4.69) is 23.0 Å². The highest BCUT2D eigenvalue weighted by molar-refractivity contribution is 8.10. The van der Waals surface area contributed by atoms with E-state index in [-0.39, 0.29) is 0 Å². The molecule has 0 fully saturated rings. The molecule has 0 radical (unpaired) electrons. The molecule has 0 spiro atoms. The van der Waals surface area contributed by atoms with Crippen LogP contribution in [0.3, 0.4) is 0 Å². The number of hydrogen-bond acceptors (Lipinski definition) is 3. The van der Waals surface area contributed by atoms with Gasteiger partial charge in [0.2, 0.25) is 0 Å². The zero-order chi connectivity index (χ0) is 8.97. The fraction of sp³-hybridized carbons (Fsp3) is 0.143. The van der Waals surface area contributed by atoms with E-state index in [4.69, 9.17) is 12.2 Å². The summed E-state index contributed by atoms with van der Waals surface area (Å²) < 4.78 is 0.492. The maximum absolute atomic E-state index is 4.83. The number of hydrogen-bond donors (Lipinski definition) is 2. The van der Waals surface area contributed by atoms with Gasteiger partial charge < -0.3 is 0 Å². The lowest BCUT2D eigenvalue weighted by molar-refractivity contribution is 0.633. The van der Waals surface area contributed by atoms with Crippen molar-refractivity contribution in [1.29, 1.82) is 0 Å². The first kappa shape index (κ1) is 9.28. The van der Waals surface area contributed by atoms with Crippen molar-refractivity contribution >= 4 is 34.9 Å². The van der Waals surface area contributed by atoms with Gasteiger partial charge in [-0.3, -0.25) is 15.4 Å². The lowest BCUT2D eigenvalue weighted by Crippen LogP contribution is -2.27. The second-order valence-electron chi connectivity index (χ2n) is 2.19. The summed E-state index contributed by atoms with van der Waals surface area (Å²) in [5, 5.41) is 1.65. The van der Waals surface area contributed by atoms with E-state index >= 15 is 0 Å². The zero-order valence-electron chi connectivity index (χ0n) is 6.56. The van der Waals surface area contributed by atoms with Crippen LogP contribution in [-0.4, -0.2) is 21.4 Å². The van der Waals surface area contributed by atoms with Crippen LogP contribution in [0.2, 0.25) is 0 Å². The first-order valence-electron chi connectivity index (χ1n) is 3.33. The number of thiol groups is 1. The van der Waals surface area contributed by atoms with E-state index in [9.17, 15) is 0 Å². The van der Waals surface area contributed by atoms with Crippen molar-refractivity contribution in [3.8, 4) is 0 Å². The molecule has 0 aliphatic carbocycles. The number of anilines is 1. The highest BCUT2D eigenvalue weighted by atomic mass is 32.1. The molecule has 0 aliphatic heterocycles. The largest absolute Gasteiger partial charge is 0.297 e. The van der Waals surface area contributed by atoms with Gasteiger partial charge >= 0.3 is 0 Å². The van der Waals surface area contributed by atoms with Gasteiger partial charge in [-0.25, -0.2) is 0 Å². The molecule has 0 aliphatic rings. The van der Waals surface area contributed by atoms with Gasteiger partial charge in [-0.15, -0.1) is 12.6 Å². The van der Waals surface area contributed by atoms with Crippen molar-refractivity contribution in [2.24, 2.45) is 0 Å². The van der Waals surface area contributed by atoms with Crippen molar-refractivity contribution in [2.75, 3.05) is 12.5 Å². The molecule has 0 aromatic carbocycles. The Bertz CT molecular complexity index is 263. The van der Waals surface area contributed by atoms with E-state index in [0.717, 1.165) is 5.69 Å². The van der Waals surface area contributed by atoms with Crippen molar-refractivity contribution in [3.63, 3.8) is 0 Å². The van der Waals surface area contributed by atoms with Crippen LogP contribution in [-0.2, 0) is 0 Å². The predicted octanol–water partition coefficient (Wildman–Crippen LogP) is 1.55. The molecular weight excluding hydrogens is 190 g/mol. The number of nitrogens with zero attached hydrogens (tertiary/aromatic N) is 2. The number of pyridine rings is 1. The summed E-state index contributed by atoms with van der Waals surface area (Å²) in [6.07, 6.45) is 3.41. The third kappa shape index (κ3) is 2.67. The lowest BCUT2D eigenvalue weighted by atomic mass is 10.4. The SMILES string of the molecule is CN(Nc1ccncc1)C(=S)S. The monoisotopic (exact) mass is 199 g/mol. The maximum Gasteiger partial charge on any atom is 0.151 e. The molecule has 5 heteroatoms. The zero-order valence-corrected chi connectivity index (χ0v) is 8.27. The van der Waals surface area contributed by atoms with Gasteiger partial charge in [0, 0.05) is 19.4 Å². The van der Waals surface area contributed by atoms with Crippen LogP contribution in [0.1, 0.15) is 0 Å². The molecular formula is C7H9N3S2. The van der Waals surface area contributed by atoms with Crippen LogP contribution in [0.25, 0.3) is 0 Å². The number of aromatic nitrogens is 1. The summed E-state index contributed by atoms with van der Waals surface area (Å²) >= 11 is 8.83. The summed E-state index contributed by atoms with van der Waals surface area (Å²) in [6, 6.07) is 3.70. The summed E-state index contributed by atoms with van der Waals surface area (Å²) in [6.45, 7) is 0. The van der Waals surface area contributed by atoms with Crippen LogP contribution >= 0.6 is 24.8 Å². The Hall–Kier alpha value is -0.810. The normalized spacial score (nSPS) is 9.17. The number of nitrogens with one attached hydrogen (secondary N) is 1. The molecule has 0 bridgehead atoms. The number of thiocarbonyl (C=S) groups is 1. The summed E-state index contributed by atoms with van der Waals surface area (Å²) in [4.78, 5) is 3.89. The smallest absolute Gasteiger partial charge is 0.151 e. The molecule has 0 unspecified atom stereocenters. The van der Waals surface area contributed by atoms with Gasteiger partial charge in [-0.05, 0) is 12.1 Å². The molecule has 1 rings (SSSR count). The van der Waals surface area contributed by atoms with E-state index in [1.165, 1.54) is 0 Å². The standard InChI is InChI=1S/C7H9N3S2/c1-10(7(11)12)9-6-2-4-8-5-3-6/h2-5H,1H3,(H,8,9)(H,11,12). The minimum atomic E-state index is 0.492. The average molecular weight is 199 g/mol. The van der Waals surface area contributed by atoms with Gasteiger partial charge in [0.15, 0.2) is 4.32 Å². The molecule has 0 saturated heterocycles. The molecule has 12 heavy (non-hydrogen) atoms. The fourth-order valence-corrected chi connectivity index (χ4v) is 0.764. The first-order chi connectivity index (χ1) is 5.70. The van der Waals surface area contributed by atoms with Gasteiger partial charge in [0.05, 0.1) is 5.69 Å². The van der Waals surface area contributed by atoms with Crippen LogP contribution < -0.4 is 5.43 Å². The number of rotatable bonds is 2. The topological polar surface area (TPSA) is 28.2 Å². The maximum atomic E-state index is 4.83. The van der Waals surface area contributed by atoms with E-state index < -0.39 is 0 Å². The molecule has 1 heterocycles. The molecule has 0 amide bonds.